The van der Waals surface area contributed by atoms with Gasteiger partial charge in [0.25, 0.3) is 5.56 Å². The monoisotopic (exact) mass is 215 g/mol. The van der Waals surface area contributed by atoms with Gasteiger partial charge in [0.1, 0.15) is 0 Å². The number of carbonyl (C=O) groups is 1. The number of rotatable bonds is 3. The van der Waals surface area contributed by atoms with E-state index in [1.807, 2.05) is 0 Å². The van der Waals surface area contributed by atoms with E-state index in [2.05, 4.69) is 0 Å². The second-order valence-corrected chi connectivity index (χ2v) is 3.33. The molecule has 1 rings (SSSR count). The number of aromatic nitrogens is 1. The molecule has 0 atom stereocenters. The summed E-state index contributed by atoms with van der Waals surface area (Å²) in [5, 5.41) is 8.92. The molecule has 0 saturated heterocycles. The Hall–Kier alpha value is -1.29. The zero-order valence-corrected chi connectivity index (χ0v) is 8.41. The highest BCUT2D eigenvalue weighted by molar-refractivity contribution is 6.31. The first-order valence-electron chi connectivity index (χ1n) is 4.08. The van der Waals surface area contributed by atoms with Crippen molar-refractivity contribution in [2.45, 2.75) is 12.8 Å². The van der Waals surface area contributed by atoms with Crippen molar-refractivity contribution in [3.05, 3.63) is 33.2 Å². The first kappa shape index (κ1) is 10.8. The maximum absolute atomic E-state index is 11.2. The molecular formula is C9H10ClNO3. The van der Waals surface area contributed by atoms with Crippen LogP contribution in [0.1, 0.15) is 12.1 Å². The van der Waals surface area contributed by atoms with Gasteiger partial charge in [-0.1, -0.05) is 11.6 Å². The van der Waals surface area contributed by atoms with Crippen molar-refractivity contribution in [3.8, 4) is 0 Å². The fourth-order valence-corrected chi connectivity index (χ4v) is 1.44. The van der Waals surface area contributed by atoms with Crippen LogP contribution in [-0.4, -0.2) is 15.6 Å². The molecule has 0 aliphatic rings. The summed E-state index contributed by atoms with van der Waals surface area (Å²) in [4.78, 5) is 21.5. The van der Waals surface area contributed by atoms with Crippen molar-refractivity contribution in [1.82, 2.24) is 4.57 Å². The standard InChI is InChI=1S/C9H10ClNO3/c1-11-7(3-5-9(13)14)6(10)2-4-8(11)12/h2,4H,3,5H2,1H3,(H,13,14). The lowest BCUT2D eigenvalue weighted by atomic mass is 10.2. The minimum absolute atomic E-state index is 0.0307. The summed E-state index contributed by atoms with van der Waals surface area (Å²) in [7, 11) is 1.57. The summed E-state index contributed by atoms with van der Waals surface area (Å²) in [6.07, 6.45) is 0.234. The van der Waals surface area contributed by atoms with Gasteiger partial charge in [0.05, 0.1) is 11.4 Å². The molecule has 0 bridgehead atoms. The van der Waals surface area contributed by atoms with E-state index in [0.29, 0.717) is 10.7 Å². The summed E-state index contributed by atoms with van der Waals surface area (Å²) in [5.41, 5.74) is 0.372. The van der Waals surface area contributed by atoms with E-state index in [9.17, 15) is 9.59 Å². The van der Waals surface area contributed by atoms with Crippen LogP contribution in [0.2, 0.25) is 5.02 Å². The third-order valence-corrected chi connectivity index (χ3v) is 2.30. The first-order chi connectivity index (χ1) is 6.52. The van der Waals surface area contributed by atoms with E-state index in [0.717, 1.165) is 0 Å². The highest BCUT2D eigenvalue weighted by Crippen LogP contribution is 2.14. The lowest BCUT2D eigenvalue weighted by Crippen LogP contribution is -2.20. The molecule has 0 amide bonds. The Morgan fingerprint density at radius 3 is 2.79 bits per heavy atom. The van der Waals surface area contributed by atoms with Crippen molar-refractivity contribution >= 4 is 17.6 Å². The van der Waals surface area contributed by atoms with E-state index in [4.69, 9.17) is 16.7 Å². The summed E-state index contributed by atoms with van der Waals surface area (Å²) >= 11 is 5.83. The van der Waals surface area contributed by atoms with Crippen LogP contribution in [-0.2, 0) is 18.3 Å². The number of nitrogens with zero attached hydrogens (tertiary/aromatic N) is 1. The Morgan fingerprint density at radius 2 is 2.21 bits per heavy atom. The molecule has 0 aromatic carbocycles. The second kappa shape index (κ2) is 4.28. The van der Waals surface area contributed by atoms with Gasteiger partial charge in [-0.05, 0) is 12.5 Å². The maximum Gasteiger partial charge on any atom is 0.303 e. The molecule has 0 saturated carbocycles. The molecule has 4 nitrogen and oxygen atoms in total. The Labute approximate surface area is 85.7 Å². The van der Waals surface area contributed by atoms with E-state index in [-0.39, 0.29) is 18.4 Å². The van der Waals surface area contributed by atoms with E-state index >= 15 is 0 Å². The highest BCUT2D eigenvalue weighted by atomic mass is 35.5. The number of aliphatic carboxylic acids is 1. The molecule has 0 aliphatic heterocycles. The van der Waals surface area contributed by atoms with E-state index in [1.54, 1.807) is 7.05 Å². The van der Waals surface area contributed by atoms with Crippen molar-refractivity contribution < 1.29 is 9.90 Å². The highest BCUT2D eigenvalue weighted by Gasteiger charge is 2.07. The molecule has 5 heteroatoms. The zero-order chi connectivity index (χ0) is 10.7. The Kier molecular flexibility index (Phi) is 3.30. The van der Waals surface area contributed by atoms with Gasteiger partial charge < -0.3 is 9.67 Å². The number of halogens is 1. The number of hydrogen-bond acceptors (Lipinski definition) is 2. The summed E-state index contributed by atoms with van der Waals surface area (Å²) in [6, 6.07) is 2.84. The number of carboxylic acids is 1. The van der Waals surface area contributed by atoms with Crippen molar-refractivity contribution in [1.29, 1.82) is 0 Å². The fraction of sp³-hybridized carbons (Fsp3) is 0.333. The van der Waals surface area contributed by atoms with Crippen LogP contribution in [0.15, 0.2) is 16.9 Å². The molecule has 1 aromatic rings. The molecule has 1 heterocycles. The average Bonchev–Trinajstić information content (AvgIpc) is 2.11. The Bertz CT molecular complexity index is 411. The number of carboxylic acid groups (broad SMARTS) is 1. The largest absolute Gasteiger partial charge is 0.481 e. The molecule has 76 valence electrons. The molecule has 0 fully saturated rings. The third-order valence-electron chi connectivity index (χ3n) is 1.96. The molecule has 0 aliphatic carbocycles. The minimum Gasteiger partial charge on any atom is -0.481 e. The van der Waals surface area contributed by atoms with Gasteiger partial charge in [-0.2, -0.15) is 0 Å². The minimum atomic E-state index is -0.905. The third kappa shape index (κ3) is 2.35. The van der Waals surface area contributed by atoms with Gasteiger partial charge in [-0.25, -0.2) is 0 Å². The lowest BCUT2D eigenvalue weighted by molar-refractivity contribution is -0.136. The van der Waals surface area contributed by atoms with Crippen LogP contribution in [0.25, 0.3) is 0 Å². The molecule has 0 unspecified atom stereocenters. The van der Waals surface area contributed by atoms with Gasteiger partial charge in [0.15, 0.2) is 0 Å². The first-order valence-corrected chi connectivity index (χ1v) is 4.46. The Balaban J connectivity index is 3.01. The van der Waals surface area contributed by atoms with E-state index in [1.165, 1.54) is 16.7 Å². The van der Waals surface area contributed by atoms with Gasteiger partial charge in [-0.15, -0.1) is 0 Å². The smallest absolute Gasteiger partial charge is 0.303 e. The van der Waals surface area contributed by atoms with Crippen LogP contribution < -0.4 is 5.56 Å². The van der Waals surface area contributed by atoms with Gasteiger partial charge >= 0.3 is 5.97 Å². The molecule has 1 aromatic heterocycles. The molecular weight excluding hydrogens is 206 g/mol. The molecule has 1 N–H and O–H groups in total. The number of hydrogen-bond donors (Lipinski definition) is 1. The van der Waals surface area contributed by atoms with Crippen molar-refractivity contribution in [3.63, 3.8) is 0 Å². The van der Waals surface area contributed by atoms with Crippen LogP contribution >= 0.6 is 11.6 Å². The lowest BCUT2D eigenvalue weighted by Gasteiger charge is -2.07. The van der Waals surface area contributed by atoms with Gasteiger partial charge in [0, 0.05) is 18.8 Å². The molecule has 0 radical (unpaired) electrons. The summed E-state index contributed by atoms with van der Waals surface area (Å²) in [5.74, 6) is -0.905. The van der Waals surface area contributed by atoms with Crippen LogP contribution in [0.5, 0.6) is 0 Å². The average molecular weight is 216 g/mol. The predicted octanol–water partition coefficient (Wildman–Crippen LogP) is 1.06. The SMILES string of the molecule is Cn1c(CCC(=O)O)c(Cl)ccc1=O. The van der Waals surface area contributed by atoms with Gasteiger partial charge in [-0.3, -0.25) is 9.59 Å². The summed E-state index contributed by atoms with van der Waals surface area (Å²) in [6.45, 7) is 0. The van der Waals surface area contributed by atoms with Crippen molar-refractivity contribution in [2.75, 3.05) is 0 Å². The Morgan fingerprint density at radius 1 is 1.57 bits per heavy atom. The second-order valence-electron chi connectivity index (χ2n) is 2.92. The predicted molar refractivity (Wildman–Crippen MR) is 52.6 cm³/mol. The van der Waals surface area contributed by atoms with Crippen molar-refractivity contribution in [2.24, 2.45) is 7.05 Å². The number of pyridine rings is 1. The van der Waals surface area contributed by atoms with E-state index < -0.39 is 5.97 Å². The van der Waals surface area contributed by atoms with Gasteiger partial charge in [0.2, 0.25) is 0 Å². The topological polar surface area (TPSA) is 59.3 Å². The zero-order valence-electron chi connectivity index (χ0n) is 7.66. The van der Waals surface area contributed by atoms with Crippen LogP contribution in [0, 0.1) is 0 Å². The molecule has 0 spiro atoms. The fourth-order valence-electron chi connectivity index (χ4n) is 1.16. The normalized spacial score (nSPS) is 10.1. The van der Waals surface area contributed by atoms with Crippen LogP contribution in [0.4, 0.5) is 0 Å². The molecule has 14 heavy (non-hydrogen) atoms. The summed E-state index contributed by atoms with van der Waals surface area (Å²) < 4.78 is 1.37. The van der Waals surface area contributed by atoms with Crippen LogP contribution in [0.3, 0.4) is 0 Å². The quantitative estimate of drug-likeness (QED) is 0.820. The maximum atomic E-state index is 11.2.